The molecule has 1 fully saturated rings. The largest absolute Gasteiger partial charge is 0.496 e. The number of thiazole rings is 1. The molecule has 0 aliphatic carbocycles. The highest BCUT2D eigenvalue weighted by Gasteiger charge is 2.15. The minimum Gasteiger partial charge on any atom is -0.496 e. The van der Waals surface area contributed by atoms with Crippen LogP contribution in [0.4, 0.5) is 5.13 Å². The summed E-state index contributed by atoms with van der Waals surface area (Å²) in [5, 5.41) is 6.56. The Labute approximate surface area is 117 Å². The molecule has 1 N–H and O–H groups in total. The number of rotatable bonds is 3. The Morgan fingerprint density at radius 3 is 2.84 bits per heavy atom. The molecule has 4 nitrogen and oxygen atoms in total. The van der Waals surface area contributed by atoms with E-state index in [1.807, 2.05) is 18.2 Å². The number of hydrogen-bond acceptors (Lipinski definition) is 5. The second kappa shape index (κ2) is 5.59. The van der Waals surface area contributed by atoms with Gasteiger partial charge in [-0.15, -0.1) is 11.3 Å². The van der Waals surface area contributed by atoms with E-state index in [0.717, 1.165) is 48.3 Å². The summed E-state index contributed by atoms with van der Waals surface area (Å²) in [7, 11) is 1.70. The van der Waals surface area contributed by atoms with Crippen molar-refractivity contribution in [1.29, 1.82) is 0 Å². The third kappa shape index (κ3) is 2.57. The summed E-state index contributed by atoms with van der Waals surface area (Å²) in [6, 6.07) is 8.02. The molecule has 0 bridgehead atoms. The van der Waals surface area contributed by atoms with Crippen LogP contribution < -0.4 is 15.0 Å². The average molecular weight is 275 g/mol. The van der Waals surface area contributed by atoms with Gasteiger partial charge in [0, 0.05) is 37.1 Å². The molecule has 1 saturated heterocycles. The van der Waals surface area contributed by atoms with Gasteiger partial charge in [0.1, 0.15) is 5.75 Å². The normalized spacial score (nSPS) is 15.5. The maximum atomic E-state index is 5.40. The van der Waals surface area contributed by atoms with E-state index in [9.17, 15) is 0 Å². The van der Waals surface area contributed by atoms with Gasteiger partial charge in [0.05, 0.1) is 12.8 Å². The van der Waals surface area contributed by atoms with Gasteiger partial charge in [-0.3, -0.25) is 0 Å². The first-order valence-electron chi connectivity index (χ1n) is 6.43. The van der Waals surface area contributed by atoms with Crippen molar-refractivity contribution in [2.24, 2.45) is 0 Å². The highest BCUT2D eigenvalue weighted by atomic mass is 32.1. The van der Waals surface area contributed by atoms with E-state index < -0.39 is 0 Å². The number of aromatic nitrogens is 1. The molecule has 19 heavy (non-hydrogen) atoms. The molecule has 100 valence electrons. The maximum Gasteiger partial charge on any atom is 0.185 e. The van der Waals surface area contributed by atoms with Crippen molar-refractivity contribution in [2.45, 2.75) is 0 Å². The van der Waals surface area contributed by atoms with Crippen LogP contribution in [-0.4, -0.2) is 38.3 Å². The zero-order valence-corrected chi connectivity index (χ0v) is 11.7. The summed E-state index contributed by atoms with van der Waals surface area (Å²) in [6.07, 6.45) is 0. The quantitative estimate of drug-likeness (QED) is 0.932. The summed E-state index contributed by atoms with van der Waals surface area (Å²) >= 11 is 1.70. The first-order chi connectivity index (χ1) is 9.38. The van der Waals surface area contributed by atoms with E-state index in [2.05, 4.69) is 21.7 Å². The van der Waals surface area contributed by atoms with Gasteiger partial charge in [0.25, 0.3) is 0 Å². The molecule has 0 atom stereocenters. The van der Waals surface area contributed by atoms with Gasteiger partial charge in [-0.25, -0.2) is 4.98 Å². The van der Waals surface area contributed by atoms with E-state index in [4.69, 9.17) is 9.72 Å². The van der Waals surface area contributed by atoms with Gasteiger partial charge >= 0.3 is 0 Å². The molecular weight excluding hydrogens is 258 g/mol. The molecule has 1 aromatic heterocycles. The summed E-state index contributed by atoms with van der Waals surface area (Å²) in [4.78, 5) is 7.08. The topological polar surface area (TPSA) is 37.4 Å². The fourth-order valence-corrected chi connectivity index (χ4v) is 3.13. The summed E-state index contributed by atoms with van der Waals surface area (Å²) < 4.78 is 5.40. The van der Waals surface area contributed by atoms with E-state index in [-0.39, 0.29) is 0 Å². The Hall–Kier alpha value is -1.59. The zero-order chi connectivity index (χ0) is 13.1. The van der Waals surface area contributed by atoms with Crippen molar-refractivity contribution >= 4 is 16.5 Å². The number of para-hydroxylation sites is 1. The van der Waals surface area contributed by atoms with Crippen LogP contribution in [0.15, 0.2) is 29.6 Å². The molecular formula is C14H17N3OS. The first kappa shape index (κ1) is 12.4. The number of anilines is 1. The lowest BCUT2D eigenvalue weighted by Gasteiger charge is -2.26. The molecule has 2 aromatic rings. The molecule has 0 spiro atoms. The third-order valence-corrected chi connectivity index (χ3v) is 4.16. The van der Waals surface area contributed by atoms with Gasteiger partial charge in [-0.05, 0) is 12.1 Å². The number of hydrogen-bond donors (Lipinski definition) is 1. The minimum absolute atomic E-state index is 0.875. The van der Waals surface area contributed by atoms with Crippen molar-refractivity contribution in [2.75, 3.05) is 38.2 Å². The number of benzene rings is 1. The monoisotopic (exact) mass is 275 g/mol. The fourth-order valence-electron chi connectivity index (χ4n) is 2.25. The summed E-state index contributed by atoms with van der Waals surface area (Å²) in [6.45, 7) is 4.12. The molecule has 3 rings (SSSR count). The van der Waals surface area contributed by atoms with E-state index in [1.165, 1.54) is 0 Å². The highest BCUT2D eigenvalue weighted by molar-refractivity contribution is 7.14. The van der Waals surface area contributed by atoms with Crippen LogP contribution in [0.1, 0.15) is 0 Å². The predicted octanol–water partition coefficient (Wildman–Crippen LogP) is 2.23. The lowest BCUT2D eigenvalue weighted by atomic mass is 10.1. The molecule has 1 aliphatic rings. The van der Waals surface area contributed by atoms with Gasteiger partial charge in [-0.2, -0.15) is 0 Å². The third-order valence-electron chi connectivity index (χ3n) is 3.26. The highest BCUT2D eigenvalue weighted by Crippen LogP contribution is 2.33. The second-order valence-corrected chi connectivity index (χ2v) is 5.29. The van der Waals surface area contributed by atoms with Crippen molar-refractivity contribution in [1.82, 2.24) is 10.3 Å². The maximum absolute atomic E-state index is 5.40. The van der Waals surface area contributed by atoms with Crippen molar-refractivity contribution < 1.29 is 4.74 Å². The van der Waals surface area contributed by atoms with Crippen LogP contribution in [0.25, 0.3) is 11.3 Å². The lowest BCUT2D eigenvalue weighted by Crippen LogP contribution is -2.43. The number of nitrogens with one attached hydrogen (secondary N) is 1. The van der Waals surface area contributed by atoms with Gasteiger partial charge in [-0.1, -0.05) is 12.1 Å². The first-order valence-corrected chi connectivity index (χ1v) is 7.31. The van der Waals surface area contributed by atoms with E-state index >= 15 is 0 Å². The second-order valence-electron chi connectivity index (χ2n) is 4.45. The molecule has 0 saturated carbocycles. The van der Waals surface area contributed by atoms with Crippen LogP contribution in [0.3, 0.4) is 0 Å². The summed E-state index contributed by atoms with van der Waals surface area (Å²) in [5.74, 6) is 0.875. The molecule has 0 radical (unpaired) electrons. The molecule has 0 unspecified atom stereocenters. The van der Waals surface area contributed by atoms with Crippen LogP contribution in [0, 0.1) is 0 Å². The van der Waals surface area contributed by atoms with Crippen molar-refractivity contribution in [3.8, 4) is 17.0 Å². The Kier molecular flexibility index (Phi) is 3.66. The fraction of sp³-hybridized carbons (Fsp3) is 0.357. The predicted molar refractivity (Wildman–Crippen MR) is 79.2 cm³/mol. The average Bonchev–Trinajstić information content (AvgIpc) is 2.98. The van der Waals surface area contributed by atoms with Crippen LogP contribution in [0.5, 0.6) is 5.75 Å². The Morgan fingerprint density at radius 2 is 2.05 bits per heavy atom. The van der Waals surface area contributed by atoms with Gasteiger partial charge in [0.15, 0.2) is 5.13 Å². The standard InChI is InChI=1S/C14H17N3OS/c1-18-13-5-3-2-4-11(13)12-10-19-14(16-12)17-8-6-15-7-9-17/h2-5,10,15H,6-9H2,1H3. The Balaban J connectivity index is 1.88. The molecule has 5 heteroatoms. The van der Waals surface area contributed by atoms with Crippen LogP contribution >= 0.6 is 11.3 Å². The van der Waals surface area contributed by atoms with Crippen LogP contribution in [-0.2, 0) is 0 Å². The van der Waals surface area contributed by atoms with E-state index in [0.29, 0.717) is 0 Å². The SMILES string of the molecule is COc1ccccc1-c1csc(N2CCNCC2)n1. The molecule has 0 amide bonds. The number of ether oxygens (including phenoxy) is 1. The summed E-state index contributed by atoms with van der Waals surface area (Å²) in [5.41, 5.74) is 2.05. The Morgan fingerprint density at radius 1 is 1.26 bits per heavy atom. The van der Waals surface area contributed by atoms with Crippen molar-refractivity contribution in [3.63, 3.8) is 0 Å². The molecule has 1 aliphatic heterocycles. The Bertz CT molecular complexity index is 549. The number of methoxy groups -OCH3 is 1. The van der Waals surface area contributed by atoms with Crippen LogP contribution in [0.2, 0.25) is 0 Å². The van der Waals surface area contributed by atoms with Gasteiger partial charge < -0.3 is 15.0 Å². The van der Waals surface area contributed by atoms with Crippen molar-refractivity contribution in [3.05, 3.63) is 29.6 Å². The van der Waals surface area contributed by atoms with Gasteiger partial charge in [0.2, 0.25) is 0 Å². The van der Waals surface area contributed by atoms with E-state index in [1.54, 1.807) is 18.4 Å². The lowest BCUT2D eigenvalue weighted by molar-refractivity contribution is 0.416. The number of piperazine rings is 1. The molecule has 2 heterocycles. The smallest absolute Gasteiger partial charge is 0.185 e. The zero-order valence-electron chi connectivity index (χ0n) is 10.9. The molecule has 1 aromatic carbocycles. The minimum atomic E-state index is 0.875. The number of nitrogens with zero attached hydrogens (tertiary/aromatic N) is 2.